The third kappa shape index (κ3) is 2.83. The Bertz CT molecular complexity index is 564. The number of rotatable bonds is 2. The molecular formula is C13H17N3O3. The van der Waals surface area contributed by atoms with Crippen molar-refractivity contribution in [2.24, 2.45) is 11.7 Å². The van der Waals surface area contributed by atoms with Gasteiger partial charge in [-0.1, -0.05) is 0 Å². The van der Waals surface area contributed by atoms with Gasteiger partial charge in [-0.05, 0) is 19.8 Å². The van der Waals surface area contributed by atoms with Crippen molar-refractivity contribution in [3.05, 3.63) is 33.7 Å². The molecule has 1 fully saturated rings. The van der Waals surface area contributed by atoms with Crippen LogP contribution in [0.15, 0.2) is 17.1 Å². The largest absolute Gasteiger partial charge is 0.369 e. The molecule has 2 heterocycles. The van der Waals surface area contributed by atoms with E-state index in [0.717, 1.165) is 6.42 Å². The molecule has 0 radical (unpaired) electrons. The summed E-state index contributed by atoms with van der Waals surface area (Å²) >= 11 is 0. The van der Waals surface area contributed by atoms with Gasteiger partial charge in [-0.15, -0.1) is 0 Å². The van der Waals surface area contributed by atoms with E-state index >= 15 is 0 Å². The SMILES string of the molecule is Cc1cc(=O)c(C(=O)N2CCCC(C(N)=O)C2)c[nH]1. The minimum Gasteiger partial charge on any atom is -0.369 e. The zero-order chi connectivity index (χ0) is 14.0. The first-order valence-corrected chi connectivity index (χ1v) is 6.27. The number of primary amides is 1. The van der Waals surface area contributed by atoms with E-state index in [2.05, 4.69) is 4.98 Å². The summed E-state index contributed by atoms with van der Waals surface area (Å²) in [6.07, 6.45) is 2.85. The Morgan fingerprint density at radius 1 is 1.47 bits per heavy atom. The average molecular weight is 263 g/mol. The number of likely N-dealkylation sites (tertiary alicyclic amines) is 1. The molecule has 1 aliphatic rings. The second kappa shape index (κ2) is 5.26. The number of piperidine rings is 1. The number of hydrogen-bond acceptors (Lipinski definition) is 3. The van der Waals surface area contributed by atoms with Crippen molar-refractivity contribution in [2.75, 3.05) is 13.1 Å². The predicted octanol–water partition coefficient (Wildman–Crippen LogP) is 0.0208. The quantitative estimate of drug-likeness (QED) is 0.787. The van der Waals surface area contributed by atoms with Crippen molar-refractivity contribution >= 4 is 11.8 Å². The van der Waals surface area contributed by atoms with Crippen molar-refractivity contribution < 1.29 is 9.59 Å². The Kier molecular flexibility index (Phi) is 3.69. The molecule has 3 N–H and O–H groups in total. The number of hydrogen-bond donors (Lipinski definition) is 2. The number of aromatic nitrogens is 1. The molecular weight excluding hydrogens is 246 g/mol. The first kappa shape index (κ1) is 13.3. The first-order valence-electron chi connectivity index (χ1n) is 6.27. The molecule has 0 aromatic carbocycles. The summed E-state index contributed by atoms with van der Waals surface area (Å²) in [5.41, 5.74) is 5.78. The fourth-order valence-electron chi connectivity index (χ4n) is 2.30. The lowest BCUT2D eigenvalue weighted by Crippen LogP contribution is -2.45. The van der Waals surface area contributed by atoms with Crippen LogP contribution in [0.25, 0.3) is 0 Å². The lowest BCUT2D eigenvalue weighted by molar-refractivity contribution is -0.123. The number of nitrogens with one attached hydrogen (secondary N) is 1. The fourth-order valence-corrected chi connectivity index (χ4v) is 2.30. The van der Waals surface area contributed by atoms with Crippen LogP contribution in [0.3, 0.4) is 0 Å². The smallest absolute Gasteiger partial charge is 0.259 e. The van der Waals surface area contributed by atoms with E-state index in [1.54, 1.807) is 6.92 Å². The number of nitrogens with zero attached hydrogens (tertiary/aromatic N) is 1. The van der Waals surface area contributed by atoms with Gasteiger partial charge in [0.25, 0.3) is 5.91 Å². The number of pyridine rings is 1. The number of amides is 2. The van der Waals surface area contributed by atoms with Crippen LogP contribution < -0.4 is 11.2 Å². The van der Waals surface area contributed by atoms with Crippen LogP contribution in [0.1, 0.15) is 28.9 Å². The molecule has 1 aromatic heterocycles. The Balaban J connectivity index is 2.19. The number of carbonyl (C=O) groups excluding carboxylic acids is 2. The molecule has 2 rings (SSSR count). The van der Waals surface area contributed by atoms with E-state index in [1.807, 2.05) is 0 Å². The van der Waals surface area contributed by atoms with Crippen LogP contribution in [-0.2, 0) is 4.79 Å². The van der Waals surface area contributed by atoms with Crippen molar-refractivity contribution in [2.45, 2.75) is 19.8 Å². The standard InChI is InChI=1S/C13H17N3O3/c1-8-5-11(17)10(6-15-8)13(19)16-4-2-3-9(7-16)12(14)18/h5-6,9H,2-4,7H2,1H3,(H2,14,18)(H,15,17). The molecule has 1 aromatic rings. The van der Waals surface area contributed by atoms with Gasteiger partial charge in [-0.3, -0.25) is 14.4 Å². The minimum atomic E-state index is -0.393. The van der Waals surface area contributed by atoms with Crippen LogP contribution in [-0.4, -0.2) is 34.8 Å². The highest BCUT2D eigenvalue weighted by Gasteiger charge is 2.28. The summed E-state index contributed by atoms with van der Waals surface area (Å²) in [7, 11) is 0. The molecule has 6 nitrogen and oxygen atoms in total. The number of nitrogens with two attached hydrogens (primary N) is 1. The molecule has 2 amide bonds. The molecule has 0 spiro atoms. The molecule has 102 valence electrons. The number of aromatic amines is 1. The second-order valence-corrected chi connectivity index (χ2v) is 4.89. The molecule has 0 bridgehead atoms. The Hall–Kier alpha value is -2.11. The summed E-state index contributed by atoms with van der Waals surface area (Å²) in [6, 6.07) is 1.39. The second-order valence-electron chi connectivity index (χ2n) is 4.89. The maximum Gasteiger partial charge on any atom is 0.259 e. The lowest BCUT2D eigenvalue weighted by atomic mass is 9.97. The normalized spacial score (nSPS) is 19.2. The van der Waals surface area contributed by atoms with E-state index in [-0.39, 0.29) is 22.8 Å². The van der Waals surface area contributed by atoms with Crippen LogP contribution in [0.2, 0.25) is 0 Å². The van der Waals surface area contributed by atoms with Gasteiger partial charge in [0.1, 0.15) is 5.56 Å². The van der Waals surface area contributed by atoms with Gasteiger partial charge in [-0.25, -0.2) is 0 Å². The summed E-state index contributed by atoms with van der Waals surface area (Å²) < 4.78 is 0. The highest BCUT2D eigenvalue weighted by Crippen LogP contribution is 2.17. The molecule has 1 saturated heterocycles. The predicted molar refractivity (Wildman–Crippen MR) is 69.6 cm³/mol. The summed E-state index contributed by atoms with van der Waals surface area (Å²) in [5, 5.41) is 0. The highest BCUT2D eigenvalue weighted by molar-refractivity contribution is 5.94. The van der Waals surface area contributed by atoms with Crippen molar-refractivity contribution in [1.82, 2.24) is 9.88 Å². The Labute approximate surface area is 110 Å². The maximum absolute atomic E-state index is 12.3. The van der Waals surface area contributed by atoms with Crippen LogP contribution in [0.5, 0.6) is 0 Å². The summed E-state index contributed by atoms with van der Waals surface area (Å²) in [6.45, 7) is 2.59. The third-order valence-electron chi connectivity index (χ3n) is 3.40. The van der Waals surface area contributed by atoms with Crippen LogP contribution >= 0.6 is 0 Å². The Morgan fingerprint density at radius 2 is 2.21 bits per heavy atom. The Morgan fingerprint density at radius 3 is 2.84 bits per heavy atom. The van der Waals surface area contributed by atoms with Gasteiger partial charge >= 0.3 is 0 Å². The zero-order valence-electron chi connectivity index (χ0n) is 10.8. The molecule has 6 heteroatoms. The highest BCUT2D eigenvalue weighted by atomic mass is 16.2. The maximum atomic E-state index is 12.3. The van der Waals surface area contributed by atoms with E-state index in [0.29, 0.717) is 25.2 Å². The van der Waals surface area contributed by atoms with Crippen molar-refractivity contribution in [3.63, 3.8) is 0 Å². The van der Waals surface area contributed by atoms with Crippen LogP contribution in [0.4, 0.5) is 0 Å². The molecule has 0 saturated carbocycles. The average Bonchev–Trinajstić information content (AvgIpc) is 2.38. The lowest BCUT2D eigenvalue weighted by Gasteiger charge is -2.31. The topological polar surface area (TPSA) is 96.3 Å². The number of carbonyl (C=O) groups is 2. The van der Waals surface area contributed by atoms with E-state index in [4.69, 9.17) is 5.73 Å². The van der Waals surface area contributed by atoms with Crippen molar-refractivity contribution in [3.8, 4) is 0 Å². The van der Waals surface area contributed by atoms with Gasteiger partial charge in [0, 0.05) is 31.0 Å². The van der Waals surface area contributed by atoms with Gasteiger partial charge in [0.15, 0.2) is 5.43 Å². The summed E-state index contributed by atoms with van der Waals surface area (Å²) in [5.74, 6) is -1.05. The van der Waals surface area contributed by atoms with E-state index in [9.17, 15) is 14.4 Å². The third-order valence-corrected chi connectivity index (χ3v) is 3.40. The first-order chi connectivity index (χ1) is 8.99. The molecule has 1 atom stereocenters. The molecule has 1 unspecified atom stereocenters. The van der Waals surface area contributed by atoms with Gasteiger partial charge < -0.3 is 15.6 Å². The van der Waals surface area contributed by atoms with Crippen molar-refractivity contribution in [1.29, 1.82) is 0 Å². The number of aryl methyl sites for hydroxylation is 1. The van der Waals surface area contributed by atoms with E-state index in [1.165, 1.54) is 17.2 Å². The monoisotopic (exact) mass is 263 g/mol. The van der Waals surface area contributed by atoms with E-state index < -0.39 is 5.91 Å². The van der Waals surface area contributed by atoms with Crippen LogP contribution in [0, 0.1) is 12.8 Å². The number of H-pyrrole nitrogens is 1. The fraction of sp³-hybridized carbons (Fsp3) is 0.462. The molecule has 0 aliphatic carbocycles. The summed E-state index contributed by atoms with van der Waals surface area (Å²) in [4.78, 5) is 39.6. The minimum absolute atomic E-state index is 0.107. The zero-order valence-corrected chi connectivity index (χ0v) is 10.8. The van der Waals surface area contributed by atoms with Gasteiger partial charge in [0.2, 0.25) is 5.91 Å². The van der Waals surface area contributed by atoms with Gasteiger partial charge in [-0.2, -0.15) is 0 Å². The molecule has 1 aliphatic heterocycles. The molecule has 19 heavy (non-hydrogen) atoms. The van der Waals surface area contributed by atoms with Gasteiger partial charge in [0.05, 0.1) is 5.92 Å².